The number of hydrogen-bond donors (Lipinski definition) is 1. The number of benzene rings is 1. The summed E-state index contributed by atoms with van der Waals surface area (Å²) in [4.78, 5) is 11.2. The van der Waals surface area contributed by atoms with Crippen LogP contribution in [-0.4, -0.2) is 38.3 Å². The van der Waals surface area contributed by atoms with Crippen LogP contribution < -0.4 is 5.32 Å². The first kappa shape index (κ1) is 12.8. The van der Waals surface area contributed by atoms with Crippen LogP contribution in [-0.2, 0) is 14.8 Å². The molecule has 1 fully saturated rings. The molecular formula is C12H14N2O3S. The van der Waals surface area contributed by atoms with Crippen LogP contribution in [0.5, 0.6) is 0 Å². The lowest BCUT2D eigenvalue weighted by molar-refractivity contribution is -0.122. The fourth-order valence-corrected chi connectivity index (χ4v) is 2.79. The van der Waals surface area contributed by atoms with Gasteiger partial charge in [0.05, 0.1) is 6.54 Å². The van der Waals surface area contributed by atoms with Crippen molar-refractivity contribution in [1.29, 1.82) is 0 Å². The van der Waals surface area contributed by atoms with Gasteiger partial charge in [0.15, 0.2) is 0 Å². The summed E-state index contributed by atoms with van der Waals surface area (Å²) >= 11 is 0. The van der Waals surface area contributed by atoms with Crippen molar-refractivity contribution in [3.05, 3.63) is 41.3 Å². The average molecular weight is 266 g/mol. The van der Waals surface area contributed by atoms with Crippen LogP contribution in [0.1, 0.15) is 5.56 Å². The van der Waals surface area contributed by atoms with Crippen LogP contribution in [0.25, 0.3) is 6.08 Å². The van der Waals surface area contributed by atoms with Gasteiger partial charge in [-0.15, -0.1) is 0 Å². The van der Waals surface area contributed by atoms with Crippen molar-refractivity contribution in [2.75, 3.05) is 19.6 Å². The Balaban J connectivity index is 2.12. The molecule has 1 saturated heterocycles. The van der Waals surface area contributed by atoms with E-state index in [1.54, 1.807) is 0 Å². The van der Waals surface area contributed by atoms with Crippen molar-refractivity contribution in [2.24, 2.45) is 0 Å². The highest BCUT2D eigenvalue weighted by atomic mass is 32.2. The molecular weight excluding hydrogens is 252 g/mol. The second kappa shape index (κ2) is 5.32. The lowest BCUT2D eigenvalue weighted by atomic mass is 10.2. The number of carbonyl (C=O) groups excluding carboxylic acids is 1. The summed E-state index contributed by atoms with van der Waals surface area (Å²) in [5.74, 6) is -0.266. The lowest BCUT2D eigenvalue weighted by Crippen LogP contribution is -2.49. The van der Waals surface area contributed by atoms with Crippen molar-refractivity contribution in [3.8, 4) is 0 Å². The third-order valence-electron chi connectivity index (χ3n) is 2.60. The highest BCUT2D eigenvalue weighted by molar-refractivity contribution is 7.92. The molecule has 0 saturated carbocycles. The van der Waals surface area contributed by atoms with Gasteiger partial charge in [0.1, 0.15) is 0 Å². The molecule has 1 aromatic rings. The van der Waals surface area contributed by atoms with Gasteiger partial charge >= 0.3 is 0 Å². The fraction of sp³-hybridized carbons (Fsp3) is 0.250. The van der Waals surface area contributed by atoms with E-state index in [-0.39, 0.29) is 12.5 Å². The summed E-state index contributed by atoms with van der Waals surface area (Å²) in [6, 6.07) is 9.16. The van der Waals surface area contributed by atoms with E-state index in [2.05, 4.69) is 5.32 Å². The number of rotatable bonds is 3. The zero-order valence-corrected chi connectivity index (χ0v) is 10.6. The predicted molar refractivity (Wildman–Crippen MR) is 69.0 cm³/mol. The van der Waals surface area contributed by atoms with E-state index < -0.39 is 10.0 Å². The van der Waals surface area contributed by atoms with Crippen LogP contribution in [0, 0.1) is 0 Å². The van der Waals surface area contributed by atoms with Crippen LogP contribution >= 0.6 is 0 Å². The number of amides is 1. The van der Waals surface area contributed by atoms with Crippen LogP contribution in [0.2, 0.25) is 0 Å². The lowest BCUT2D eigenvalue weighted by Gasteiger charge is -2.24. The fourth-order valence-electron chi connectivity index (χ4n) is 1.65. The maximum Gasteiger partial charge on any atom is 0.236 e. The van der Waals surface area contributed by atoms with E-state index in [9.17, 15) is 13.2 Å². The van der Waals surface area contributed by atoms with E-state index in [0.717, 1.165) is 11.0 Å². The van der Waals surface area contributed by atoms with Gasteiger partial charge in [-0.05, 0) is 11.6 Å². The monoisotopic (exact) mass is 266 g/mol. The Morgan fingerprint density at radius 2 is 1.94 bits per heavy atom. The summed E-state index contributed by atoms with van der Waals surface area (Å²) in [5, 5.41) is 3.73. The van der Waals surface area contributed by atoms with Crippen LogP contribution in [0.4, 0.5) is 0 Å². The summed E-state index contributed by atoms with van der Waals surface area (Å²) < 4.78 is 25.1. The maximum atomic E-state index is 12.0. The predicted octanol–water partition coefficient (Wildman–Crippen LogP) is 0.419. The molecule has 0 aromatic heterocycles. The van der Waals surface area contributed by atoms with Crippen molar-refractivity contribution < 1.29 is 13.2 Å². The second-order valence-corrected chi connectivity index (χ2v) is 5.76. The molecule has 0 radical (unpaired) electrons. The SMILES string of the molecule is O=C1CN(S(=O)(=O)C=Cc2ccccc2)CCN1. The third kappa shape index (κ3) is 3.18. The Kier molecular flexibility index (Phi) is 3.78. The molecule has 1 N–H and O–H groups in total. The summed E-state index contributed by atoms with van der Waals surface area (Å²) in [7, 11) is -3.52. The Labute approximate surface area is 106 Å². The van der Waals surface area contributed by atoms with Gasteiger partial charge in [0.2, 0.25) is 15.9 Å². The molecule has 1 aromatic carbocycles. The van der Waals surface area contributed by atoms with Gasteiger partial charge in [0, 0.05) is 18.5 Å². The number of sulfonamides is 1. The van der Waals surface area contributed by atoms with Gasteiger partial charge in [-0.25, -0.2) is 8.42 Å². The zero-order valence-electron chi connectivity index (χ0n) is 9.74. The largest absolute Gasteiger partial charge is 0.354 e. The Morgan fingerprint density at radius 3 is 2.61 bits per heavy atom. The van der Waals surface area contributed by atoms with Crippen molar-refractivity contribution in [2.45, 2.75) is 0 Å². The highest BCUT2D eigenvalue weighted by Crippen LogP contribution is 2.08. The van der Waals surface area contributed by atoms with Gasteiger partial charge in [0.25, 0.3) is 0 Å². The first-order chi connectivity index (χ1) is 8.58. The number of carbonyl (C=O) groups is 1. The summed E-state index contributed by atoms with van der Waals surface area (Å²) in [6.45, 7) is 0.561. The molecule has 5 nitrogen and oxygen atoms in total. The number of nitrogens with one attached hydrogen (secondary N) is 1. The molecule has 0 atom stereocenters. The number of piperazine rings is 1. The Hall–Kier alpha value is -1.66. The standard InChI is InChI=1S/C12H14N2O3S/c15-12-10-14(8-7-13-12)18(16,17)9-6-11-4-2-1-3-5-11/h1-6,9H,7-8,10H2,(H,13,15). The van der Waals surface area contributed by atoms with Crippen LogP contribution in [0.3, 0.4) is 0 Å². The minimum atomic E-state index is -3.52. The second-order valence-electron chi connectivity index (χ2n) is 3.94. The number of hydrogen-bond acceptors (Lipinski definition) is 3. The molecule has 96 valence electrons. The first-order valence-corrected chi connectivity index (χ1v) is 7.08. The van der Waals surface area contributed by atoms with E-state index in [4.69, 9.17) is 0 Å². The normalized spacial score (nSPS) is 17.9. The molecule has 1 aliphatic heterocycles. The molecule has 18 heavy (non-hydrogen) atoms. The molecule has 0 aliphatic carbocycles. The molecule has 1 heterocycles. The van der Waals surface area contributed by atoms with Crippen molar-refractivity contribution in [3.63, 3.8) is 0 Å². The van der Waals surface area contributed by atoms with E-state index in [1.165, 1.54) is 10.4 Å². The Morgan fingerprint density at radius 1 is 1.22 bits per heavy atom. The maximum absolute atomic E-state index is 12.0. The topological polar surface area (TPSA) is 66.5 Å². The van der Waals surface area contributed by atoms with Crippen molar-refractivity contribution in [1.82, 2.24) is 9.62 Å². The van der Waals surface area contributed by atoms with Gasteiger partial charge in [-0.2, -0.15) is 4.31 Å². The van der Waals surface area contributed by atoms with Gasteiger partial charge < -0.3 is 5.32 Å². The third-order valence-corrected chi connectivity index (χ3v) is 4.11. The Bertz CT molecular complexity index is 552. The molecule has 1 aliphatic rings. The average Bonchev–Trinajstić information content (AvgIpc) is 2.38. The number of nitrogens with zero attached hydrogens (tertiary/aromatic N) is 1. The van der Waals surface area contributed by atoms with Crippen LogP contribution in [0.15, 0.2) is 35.7 Å². The van der Waals surface area contributed by atoms with E-state index >= 15 is 0 Å². The molecule has 2 rings (SSSR count). The molecule has 0 unspecified atom stereocenters. The zero-order chi connectivity index (χ0) is 13.0. The summed E-state index contributed by atoms with van der Waals surface area (Å²) in [6.07, 6.45) is 1.53. The van der Waals surface area contributed by atoms with Gasteiger partial charge in [-0.3, -0.25) is 4.79 Å². The molecule has 0 bridgehead atoms. The minimum absolute atomic E-state index is 0.110. The van der Waals surface area contributed by atoms with Crippen molar-refractivity contribution >= 4 is 22.0 Å². The first-order valence-electron chi connectivity index (χ1n) is 5.58. The molecule has 6 heteroatoms. The molecule has 0 spiro atoms. The smallest absolute Gasteiger partial charge is 0.236 e. The van der Waals surface area contributed by atoms with Gasteiger partial charge in [-0.1, -0.05) is 30.3 Å². The van der Waals surface area contributed by atoms with E-state index in [1.807, 2.05) is 30.3 Å². The summed E-state index contributed by atoms with van der Waals surface area (Å²) in [5.41, 5.74) is 0.808. The van der Waals surface area contributed by atoms with E-state index in [0.29, 0.717) is 13.1 Å². The quantitative estimate of drug-likeness (QED) is 0.862. The molecule has 1 amide bonds. The minimum Gasteiger partial charge on any atom is -0.354 e. The highest BCUT2D eigenvalue weighted by Gasteiger charge is 2.25.